The molecule has 0 heterocycles. The van der Waals surface area contributed by atoms with Crippen molar-refractivity contribution >= 4 is 0 Å². The third kappa shape index (κ3) is 4.31. The van der Waals surface area contributed by atoms with Crippen LogP contribution in [0.2, 0.25) is 0 Å². The van der Waals surface area contributed by atoms with Crippen LogP contribution >= 0.6 is 0 Å². The zero-order valence-corrected chi connectivity index (χ0v) is 12.8. The van der Waals surface area contributed by atoms with Crippen LogP contribution in [0.4, 0.5) is 0 Å². The van der Waals surface area contributed by atoms with Gasteiger partial charge in [-0.1, -0.05) is 26.8 Å². The minimum absolute atomic E-state index is 0.254. The molecule has 0 unspecified atom stereocenters. The number of hydrogen-bond acceptors (Lipinski definition) is 4. The van der Waals surface area contributed by atoms with E-state index in [2.05, 4.69) is 26.1 Å². The fraction of sp³-hybridized carbons (Fsp3) is 0.600. The van der Waals surface area contributed by atoms with Crippen LogP contribution in [0.5, 0.6) is 17.2 Å². The Morgan fingerprint density at radius 2 is 1.58 bits per heavy atom. The van der Waals surface area contributed by atoms with Crippen LogP contribution in [0.1, 0.15) is 26.3 Å². The normalized spacial score (nSPS) is 11.3. The van der Waals surface area contributed by atoms with Crippen molar-refractivity contribution in [2.24, 2.45) is 5.41 Å². The van der Waals surface area contributed by atoms with Crippen molar-refractivity contribution in [3.8, 4) is 17.2 Å². The van der Waals surface area contributed by atoms with Gasteiger partial charge in [0.2, 0.25) is 5.75 Å². The van der Waals surface area contributed by atoms with Crippen molar-refractivity contribution in [2.45, 2.75) is 27.3 Å². The molecule has 1 aromatic carbocycles. The van der Waals surface area contributed by atoms with Gasteiger partial charge in [0.1, 0.15) is 0 Å². The Morgan fingerprint density at radius 1 is 0.947 bits per heavy atom. The van der Waals surface area contributed by atoms with Crippen molar-refractivity contribution in [1.29, 1.82) is 0 Å². The maximum absolute atomic E-state index is 5.45. The molecule has 0 saturated carbocycles. The molecule has 0 aliphatic rings. The smallest absolute Gasteiger partial charge is 0.203 e. The first-order valence-electron chi connectivity index (χ1n) is 6.41. The van der Waals surface area contributed by atoms with Crippen molar-refractivity contribution in [3.05, 3.63) is 17.7 Å². The molecule has 1 N–H and O–H groups in total. The summed E-state index contributed by atoms with van der Waals surface area (Å²) in [5.41, 5.74) is 1.31. The lowest BCUT2D eigenvalue weighted by Gasteiger charge is -2.20. The van der Waals surface area contributed by atoms with E-state index in [1.54, 1.807) is 21.3 Å². The van der Waals surface area contributed by atoms with Crippen LogP contribution in [0.15, 0.2) is 12.1 Å². The van der Waals surface area contributed by atoms with E-state index in [0.717, 1.165) is 24.4 Å². The predicted molar refractivity (Wildman–Crippen MR) is 77.3 cm³/mol. The minimum atomic E-state index is 0.254. The summed E-state index contributed by atoms with van der Waals surface area (Å²) in [7, 11) is 4.88. The van der Waals surface area contributed by atoms with E-state index >= 15 is 0 Å². The van der Waals surface area contributed by atoms with Gasteiger partial charge in [-0.2, -0.15) is 0 Å². The van der Waals surface area contributed by atoms with Crippen molar-refractivity contribution in [1.82, 2.24) is 5.32 Å². The van der Waals surface area contributed by atoms with Crippen LogP contribution in [-0.2, 0) is 6.54 Å². The summed E-state index contributed by atoms with van der Waals surface area (Å²) >= 11 is 0. The van der Waals surface area contributed by atoms with Crippen molar-refractivity contribution in [3.63, 3.8) is 0 Å². The SMILES string of the molecule is COc1ccc(CNCC(C)(C)C)c(OC)c1OC. The van der Waals surface area contributed by atoms with Gasteiger partial charge in [-0.3, -0.25) is 0 Å². The van der Waals surface area contributed by atoms with Gasteiger partial charge in [0.25, 0.3) is 0 Å². The average Bonchev–Trinajstić information content (AvgIpc) is 2.36. The van der Waals surface area contributed by atoms with Gasteiger partial charge in [0.15, 0.2) is 11.5 Å². The molecule has 0 aromatic heterocycles. The van der Waals surface area contributed by atoms with Crippen LogP contribution in [-0.4, -0.2) is 27.9 Å². The minimum Gasteiger partial charge on any atom is -0.493 e. The predicted octanol–water partition coefficient (Wildman–Crippen LogP) is 2.85. The second-order valence-corrected chi connectivity index (χ2v) is 5.66. The van der Waals surface area contributed by atoms with Crippen LogP contribution < -0.4 is 19.5 Å². The third-order valence-corrected chi connectivity index (χ3v) is 2.76. The molecule has 0 saturated heterocycles. The van der Waals surface area contributed by atoms with Gasteiger partial charge in [-0.25, -0.2) is 0 Å². The maximum Gasteiger partial charge on any atom is 0.203 e. The first kappa shape index (κ1) is 15.6. The summed E-state index contributed by atoms with van der Waals surface area (Å²) < 4.78 is 16.1. The number of hydrogen-bond donors (Lipinski definition) is 1. The number of benzene rings is 1. The fourth-order valence-electron chi connectivity index (χ4n) is 1.87. The van der Waals surface area contributed by atoms with Gasteiger partial charge in [-0.15, -0.1) is 0 Å². The molecule has 0 fully saturated rings. The number of nitrogens with one attached hydrogen (secondary N) is 1. The van der Waals surface area contributed by atoms with E-state index in [-0.39, 0.29) is 5.41 Å². The van der Waals surface area contributed by atoms with Crippen LogP contribution in [0.25, 0.3) is 0 Å². The Balaban J connectivity index is 2.89. The van der Waals surface area contributed by atoms with E-state index in [1.165, 1.54) is 0 Å². The van der Waals surface area contributed by atoms with Crippen LogP contribution in [0, 0.1) is 5.41 Å². The second-order valence-electron chi connectivity index (χ2n) is 5.66. The highest BCUT2D eigenvalue weighted by Crippen LogP contribution is 2.39. The Hall–Kier alpha value is -1.42. The molecule has 0 amide bonds. The molecule has 4 heteroatoms. The third-order valence-electron chi connectivity index (χ3n) is 2.76. The standard InChI is InChI=1S/C15H25NO3/c1-15(2,3)10-16-9-11-7-8-12(17-4)14(19-6)13(11)18-5/h7-8,16H,9-10H2,1-6H3. The lowest BCUT2D eigenvalue weighted by Crippen LogP contribution is -2.26. The van der Waals surface area contributed by atoms with E-state index in [9.17, 15) is 0 Å². The molecular weight excluding hydrogens is 242 g/mol. The Kier molecular flexibility index (Phi) is 5.48. The lowest BCUT2D eigenvalue weighted by atomic mass is 9.97. The Labute approximate surface area is 116 Å². The van der Waals surface area contributed by atoms with Crippen molar-refractivity contribution in [2.75, 3.05) is 27.9 Å². The quantitative estimate of drug-likeness (QED) is 0.860. The summed E-state index contributed by atoms with van der Waals surface area (Å²) in [6, 6.07) is 3.89. The summed E-state index contributed by atoms with van der Waals surface area (Å²) in [6.45, 7) is 8.27. The van der Waals surface area contributed by atoms with Gasteiger partial charge in [0.05, 0.1) is 21.3 Å². The number of methoxy groups -OCH3 is 3. The fourth-order valence-corrected chi connectivity index (χ4v) is 1.87. The highest BCUT2D eigenvalue weighted by Gasteiger charge is 2.16. The summed E-state index contributed by atoms with van der Waals surface area (Å²) in [4.78, 5) is 0. The Bertz CT molecular complexity index is 411. The van der Waals surface area contributed by atoms with E-state index in [4.69, 9.17) is 14.2 Å². The summed E-state index contributed by atoms with van der Waals surface area (Å²) in [5, 5.41) is 3.43. The zero-order chi connectivity index (χ0) is 14.5. The van der Waals surface area contributed by atoms with Gasteiger partial charge < -0.3 is 19.5 Å². The highest BCUT2D eigenvalue weighted by atomic mass is 16.5. The first-order chi connectivity index (χ1) is 8.92. The molecule has 1 aromatic rings. The molecule has 108 valence electrons. The van der Waals surface area contributed by atoms with Gasteiger partial charge in [0, 0.05) is 18.7 Å². The molecule has 0 atom stereocenters. The molecule has 0 aliphatic carbocycles. The molecular formula is C15H25NO3. The molecule has 0 bridgehead atoms. The monoisotopic (exact) mass is 267 g/mol. The maximum atomic E-state index is 5.45. The molecule has 0 spiro atoms. The van der Waals surface area contributed by atoms with Gasteiger partial charge in [-0.05, 0) is 11.5 Å². The number of ether oxygens (including phenoxy) is 3. The first-order valence-corrected chi connectivity index (χ1v) is 6.41. The van der Waals surface area contributed by atoms with E-state index in [1.807, 2.05) is 12.1 Å². The lowest BCUT2D eigenvalue weighted by molar-refractivity contribution is 0.320. The zero-order valence-electron chi connectivity index (χ0n) is 12.8. The molecule has 19 heavy (non-hydrogen) atoms. The van der Waals surface area contributed by atoms with Gasteiger partial charge >= 0.3 is 0 Å². The van der Waals surface area contributed by atoms with E-state index < -0.39 is 0 Å². The average molecular weight is 267 g/mol. The largest absolute Gasteiger partial charge is 0.493 e. The summed E-state index contributed by atoms with van der Waals surface area (Å²) in [5.74, 6) is 2.04. The highest BCUT2D eigenvalue weighted by molar-refractivity contribution is 5.55. The van der Waals surface area contributed by atoms with E-state index in [0.29, 0.717) is 11.5 Å². The molecule has 0 aliphatic heterocycles. The van der Waals surface area contributed by atoms with Crippen molar-refractivity contribution < 1.29 is 14.2 Å². The topological polar surface area (TPSA) is 39.7 Å². The second kappa shape index (κ2) is 6.66. The molecule has 1 rings (SSSR count). The Morgan fingerprint density at radius 3 is 2.05 bits per heavy atom. The molecule has 0 radical (unpaired) electrons. The molecule has 4 nitrogen and oxygen atoms in total. The summed E-state index contributed by atoms with van der Waals surface area (Å²) in [6.07, 6.45) is 0. The van der Waals surface area contributed by atoms with Crippen LogP contribution in [0.3, 0.4) is 0 Å². The number of rotatable bonds is 6.